The minimum Gasteiger partial charge on any atom is -0.400 e. The summed E-state index contributed by atoms with van der Waals surface area (Å²) in [6, 6.07) is 0. The van der Waals surface area contributed by atoms with Crippen molar-refractivity contribution in [2.24, 2.45) is 0 Å². The molecule has 0 aromatic rings. The Hall–Kier alpha value is -2.32. The second kappa shape index (κ2) is 24.7. The molecule has 166 valence electrons. The number of carbonyl (C=O) groups is 1. The minimum atomic E-state index is 0.196. The summed E-state index contributed by atoms with van der Waals surface area (Å²) in [6.45, 7) is 14.9. The van der Waals surface area contributed by atoms with E-state index >= 15 is 0 Å². The SMILES string of the molecule is C1=CCC=C1.C1CCNC1.C=CCCC(C)=C1C=CC=C1.CO.[CH+]=CCCC(C)=O. The van der Waals surface area contributed by atoms with Crippen molar-refractivity contribution >= 4 is 5.78 Å². The van der Waals surface area contributed by atoms with Gasteiger partial charge in [-0.1, -0.05) is 60.3 Å². The average molecular weight is 413 g/mol. The molecule has 3 rings (SSSR count). The number of aliphatic hydroxyl groups is 1. The number of Topliss-reactive ketones (excluding diaryl/α,β-unsaturated/α-hetero) is 1. The van der Waals surface area contributed by atoms with E-state index in [0.717, 1.165) is 26.4 Å². The highest BCUT2D eigenvalue weighted by atomic mass is 16.2. The van der Waals surface area contributed by atoms with Crippen LogP contribution >= 0.6 is 0 Å². The van der Waals surface area contributed by atoms with Gasteiger partial charge in [0.25, 0.3) is 0 Å². The molecule has 1 aliphatic heterocycles. The molecule has 0 amide bonds. The third-order valence-electron chi connectivity index (χ3n) is 4.15. The number of rotatable bonds is 6. The Balaban J connectivity index is 0. The fourth-order valence-electron chi connectivity index (χ4n) is 2.43. The molecule has 1 fully saturated rings. The summed E-state index contributed by atoms with van der Waals surface area (Å²) in [5, 5.41) is 10.2. The van der Waals surface area contributed by atoms with Crippen LogP contribution in [0.1, 0.15) is 58.8 Å². The van der Waals surface area contributed by atoms with Gasteiger partial charge >= 0.3 is 0 Å². The molecule has 0 spiro atoms. The lowest BCUT2D eigenvalue weighted by atomic mass is 10.1. The summed E-state index contributed by atoms with van der Waals surface area (Å²) in [5.74, 6) is 0.196. The van der Waals surface area contributed by atoms with Gasteiger partial charge in [-0.25, -0.2) is 0 Å². The zero-order chi connectivity index (χ0) is 22.9. The van der Waals surface area contributed by atoms with E-state index in [-0.39, 0.29) is 5.78 Å². The fourth-order valence-corrected chi connectivity index (χ4v) is 2.43. The van der Waals surface area contributed by atoms with Crippen LogP contribution in [0.2, 0.25) is 0 Å². The Bertz CT molecular complexity index is 556. The molecule has 1 heterocycles. The molecule has 0 saturated carbocycles. The topological polar surface area (TPSA) is 49.3 Å². The lowest BCUT2D eigenvalue weighted by Gasteiger charge is -1.99. The predicted octanol–water partition coefficient (Wildman–Crippen LogP) is 6.22. The summed E-state index contributed by atoms with van der Waals surface area (Å²) in [7, 11) is 1.00. The maximum Gasteiger partial charge on any atom is 0.201 e. The van der Waals surface area contributed by atoms with E-state index < -0.39 is 0 Å². The number of hydrogen-bond donors (Lipinski definition) is 2. The highest BCUT2D eigenvalue weighted by molar-refractivity contribution is 5.75. The third kappa shape index (κ3) is 22.0. The molecule has 3 nitrogen and oxygen atoms in total. The van der Waals surface area contributed by atoms with E-state index in [1.807, 2.05) is 6.08 Å². The van der Waals surface area contributed by atoms with Crippen LogP contribution < -0.4 is 5.32 Å². The molecule has 0 atom stereocenters. The zero-order valence-corrected chi connectivity index (χ0v) is 19.3. The lowest BCUT2D eigenvalue weighted by molar-refractivity contribution is -0.116. The normalized spacial score (nSPS) is 14.2. The Morgan fingerprint density at radius 3 is 1.90 bits per heavy atom. The molecule has 2 aliphatic carbocycles. The van der Waals surface area contributed by atoms with Crippen molar-refractivity contribution in [3.05, 3.63) is 85.1 Å². The molecule has 0 unspecified atom stereocenters. The van der Waals surface area contributed by atoms with Gasteiger partial charge in [-0.2, -0.15) is 0 Å². The van der Waals surface area contributed by atoms with Crippen LogP contribution in [0.4, 0.5) is 0 Å². The summed E-state index contributed by atoms with van der Waals surface area (Å²) >= 11 is 0. The molecule has 3 aliphatic rings. The Morgan fingerprint density at radius 2 is 1.60 bits per heavy atom. The van der Waals surface area contributed by atoms with Gasteiger partial charge in [0, 0.05) is 20.0 Å². The maximum absolute atomic E-state index is 10.1. The number of allylic oxidation sites excluding steroid dienone is 12. The van der Waals surface area contributed by atoms with Crippen molar-refractivity contribution < 1.29 is 9.90 Å². The molecule has 0 aromatic carbocycles. The van der Waals surface area contributed by atoms with E-state index in [1.54, 1.807) is 6.92 Å². The predicted molar refractivity (Wildman–Crippen MR) is 132 cm³/mol. The first-order valence-electron chi connectivity index (χ1n) is 10.8. The van der Waals surface area contributed by atoms with Crippen LogP contribution in [-0.4, -0.2) is 31.1 Å². The van der Waals surface area contributed by atoms with Gasteiger partial charge in [0.2, 0.25) is 6.58 Å². The van der Waals surface area contributed by atoms with E-state index in [0.29, 0.717) is 12.8 Å². The van der Waals surface area contributed by atoms with Crippen molar-refractivity contribution in [1.29, 1.82) is 0 Å². The van der Waals surface area contributed by atoms with Crippen molar-refractivity contribution in [3.8, 4) is 0 Å². The minimum absolute atomic E-state index is 0.196. The quantitative estimate of drug-likeness (QED) is 0.402. The first-order chi connectivity index (χ1) is 14.6. The van der Waals surface area contributed by atoms with E-state index in [2.05, 4.69) is 67.4 Å². The number of carbonyl (C=O) groups excluding carboxylic acids is 1. The molecule has 30 heavy (non-hydrogen) atoms. The van der Waals surface area contributed by atoms with Gasteiger partial charge < -0.3 is 15.2 Å². The Morgan fingerprint density at radius 1 is 1.03 bits per heavy atom. The van der Waals surface area contributed by atoms with Crippen molar-refractivity contribution in [1.82, 2.24) is 5.32 Å². The van der Waals surface area contributed by atoms with E-state index in [1.165, 1.54) is 43.2 Å². The molecule has 2 N–H and O–H groups in total. The summed E-state index contributed by atoms with van der Waals surface area (Å²) in [4.78, 5) is 10.1. The first kappa shape index (κ1) is 29.9. The van der Waals surface area contributed by atoms with Gasteiger partial charge in [0.15, 0.2) is 6.08 Å². The highest BCUT2D eigenvalue weighted by Gasteiger charge is 1.97. The smallest absolute Gasteiger partial charge is 0.201 e. The van der Waals surface area contributed by atoms with Gasteiger partial charge in [0.05, 0.1) is 0 Å². The summed E-state index contributed by atoms with van der Waals surface area (Å²) in [5.41, 5.74) is 2.82. The second-order valence-electron chi connectivity index (χ2n) is 6.81. The third-order valence-corrected chi connectivity index (χ3v) is 4.15. The largest absolute Gasteiger partial charge is 0.400 e. The van der Waals surface area contributed by atoms with Crippen molar-refractivity contribution in [2.75, 3.05) is 20.2 Å². The molecule has 3 heteroatoms. The van der Waals surface area contributed by atoms with Crippen molar-refractivity contribution in [3.63, 3.8) is 0 Å². The summed E-state index contributed by atoms with van der Waals surface area (Å²) < 4.78 is 0. The average Bonchev–Trinajstić information content (AvgIpc) is 3.58. The van der Waals surface area contributed by atoms with Crippen LogP contribution in [-0.2, 0) is 4.79 Å². The monoisotopic (exact) mass is 412 g/mol. The van der Waals surface area contributed by atoms with Gasteiger partial charge in [-0.3, -0.25) is 0 Å². The molecular weight excluding hydrogens is 370 g/mol. The van der Waals surface area contributed by atoms with Gasteiger partial charge in [0.1, 0.15) is 5.78 Å². The standard InChI is InChI=1S/C11H14.C6H9O.C5H6.C4H9N.CH4O/c1-3-4-7-10(2)11-8-5-6-9-11;1-3-4-5-6(2)7;2*1-2-4-5-3-1;1-2/h3,5-6,8-9H,1,4,7H2,2H3;1,3H,4-5H2,2H3;1-4H,5H2;5H,1-4H2;2H,1H3/q;+1;;;. The number of hydrogen-bond acceptors (Lipinski definition) is 3. The molecule has 0 aromatic heterocycles. The van der Waals surface area contributed by atoms with Crippen LogP contribution in [0.25, 0.3) is 0 Å². The maximum atomic E-state index is 10.1. The zero-order valence-electron chi connectivity index (χ0n) is 19.3. The first-order valence-corrected chi connectivity index (χ1v) is 10.8. The Kier molecular flexibility index (Phi) is 24.6. The number of aliphatic hydroxyl groups excluding tert-OH is 1. The number of nitrogens with one attached hydrogen (secondary N) is 1. The molecule has 1 saturated heterocycles. The molecule has 0 bridgehead atoms. The molecular formula is C27H42NO2+. The number of ketones is 1. The van der Waals surface area contributed by atoms with Crippen molar-refractivity contribution in [2.45, 2.75) is 58.8 Å². The van der Waals surface area contributed by atoms with E-state index in [4.69, 9.17) is 11.7 Å². The lowest BCUT2D eigenvalue weighted by Crippen LogP contribution is -2.03. The van der Waals surface area contributed by atoms with Crippen LogP contribution in [0.3, 0.4) is 0 Å². The second-order valence-corrected chi connectivity index (χ2v) is 6.81. The fraction of sp³-hybridized carbons (Fsp3) is 0.444. The molecule has 0 radical (unpaired) electrons. The van der Waals surface area contributed by atoms with Crippen LogP contribution in [0.15, 0.2) is 78.5 Å². The van der Waals surface area contributed by atoms with E-state index in [9.17, 15) is 4.79 Å². The highest BCUT2D eigenvalue weighted by Crippen LogP contribution is 2.16. The van der Waals surface area contributed by atoms with Crippen LogP contribution in [0.5, 0.6) is 0 Å². The summed E-state index contributed by atoms with van der Waals surface area (Å²) in [6.07, 6.45) is 27.7. The van der Waals surface area contributed by atoms with Crippen LogP contribution in [0, 0.1) is 6.58 Å². The Labute approximate surface area is 185 Å². The van der Waals surface area contributed by atoms with Gasteiger partial charge in [-0.15, -0.1) is 6.58 Å². The van der Waals surface area contributed by atoms with Gasteiger partial charge in [-0.05, 0) is 64.6 Å².